The number of nitrogens with two attached hydrogens (primary N) is 1. The molecule has 1 aromatic heterocycles. The van der Waals surface area contributed by atoms with E-state index in [1.807, 2.05) is 4.90 Å². The molecular formula is C11H18N4OS. The topological polar surface area (TPSA) is 72.1 Å². The molecule has 0 unspecified atom stereocenters. The molecule has 6 heteroatoms. The molecule has 17 heavy (non-hydrogen) atoms. The zero-order valence-electron chi connectivity index (χ0n) is 10.3. The van der Waals surface area contributed by atoms with E-state index in [0.717, 1.165) is 24.4 Å². The molecule has 0 radical (unpaired) electrons. The Labute approximate surface area is 105 Å². The third kappa shape index (κ3) is 3.15. The van der Waals surface area contributed by atoms with E-state index in [4.69, 9.17) is 5.73 Å². The number of carbonyl (C=O) groups excluding carboxylic acids is 1. The number of aromatic nitrogens is 2. The maximum Gasteiger partial charge on any atom is 0.222 e. The highest BCUT2D eigenvalue weighted by Crippen LogP contribution is 2.31. The molecular weight excluding hydrogens is 236 g/mol. The van der Waals surface area contributed by atoms with E-state index >= 15 is 0 Å². The summed E-state index contributed by atoms with van der Waals surface area (Å²) in [6, 6.07) is 0. The lowest BCUT2D eigenvalue weighted by Crippen LogP contribution is -2.30. The Kier molecular flexibility index (Phi) is 3.33. The van der Waals surface area contributed by atoms with Crippen molar-refractivity contribution < 1.29 is 4.79 Å². The van der Waals surface area contributed by atoms with Crippen molar-refractivity contribution in [3.63, 3.8) is 0 Å². The van der Waals surface area contributed by atoms with Gasteiger partial charge in [0.2, 0.25) is 11.0 Å². The smallest absolute Gasteiger partial charge is 0.222 e. The molecule has 1 amide bonds. The minimum atomic E-state index is 0.212. The predicted molar refractivity (Wildman–Crippen MR) is 67.4 cm³/mol. The molecule has 0 aliphatic carbocycles. The molecule has 0 bridgehead atoms. The quantitative estimate of drug-likeness (QED) is 0.871. The zero-order valence-corrected chi connectivity index (χ0v) is 11.1. The van der Waals surface area contributed by atoms with Crippen LogP contribution in [0.15, 0.2) is 0 Å². The second-order valence-corrected chi connectivity index (χ2v) is 6.36. The lowest BCUT2D eigenvalue weighted by atomic mass is 9.85. The van der Waals surface area contributed by atoms with Crippen molar-refractivity contribution >= 4 is 22.4 Å². The van der Waals surface area contributed by atoms with Gasteiger partial charge in [0.05, 0.1) is 6.54 Å². The van der Waals surface area contributed by atoms with Gasteiger partial charge in [-0.2, -0.15) is 0 Å². The van der Waals surface area contributed by atoms with Crippen molar-refractivity contribution in [2.75, 3.05) is 12.3 Å². The molecule has 1 aliphatic rings. The van der Waals surface area contributed by atoms with Gasteiger partial charge < -0.3 is 10.6 Å². The number of anilines is 1. The first-order valence-electron chi connectivity index (χ1n) is 5.82. The summed E-state index contributed by atoms with van der Waals surface area (Å²) in [5.41, 5.74) is 5.79. The van der Waals surface area contributed by atoms with Gasteiger partial charge in [0.1, 0.15) is 5.01 Å². The number of rotatable bonds is 2. The number of nitrogen functional groups attached to an aromatic ring is 1. The molecule has 0 saturated carbocycles. The van der Waals surface area contributed by atoms with Crippen LogP contribution in [-0.4, -0.2) is 27.5 Å². The van der Waals surface area contributed by atoms with Gasteiger partial charge in [-0.1, -0.05) is 25.2 Å². The van der Waals surface area contributed by atoms with Crippen LogP contribution >= 0.6 is 11.3 Å². The molecule has 1 fully saturated rings. The van der Waals surface area contributed by atoms with Gasteiger partial charge >= 0.3 is 0 Å². The van der Waals surface area contributed by atoms with Crippen molar-refractivity contribution in [1.82, 2.24) is 15.1 Å². The highest BCUT2D eigenvalue weighted by Gasteiger charge is 2.27. The molecule has 0 atom stereocenters. The summed E-state index contributed by atoms with van der Waals surface area (Å²) in [7, 11) is 0. The maximum absolute atomic E-state index is 12.0. The molecule has 94 valence electrons. The monoisotopic (exact) mass is 254 g/mol. The number of hydrogen-bond donors (Lipinski definition) is 1. The van der Waals surface area contributed by atoms with Crippen molar-refractivity contribution in [3.05, 3.63) is 5.01 Å². The number of nitrogens with zero attached hydrogens (tertiary/aromatic N) is 3. The number of amides is 1. The standard InChI is InChI=1S/C11H18N4OS/c1-11(2)4-3-9(16)15(6-5-11)7-8-13-14-10(12)17-8/h3-7H2,1-2H3,(H2,12,14). The fraction of sp³-hybridized carbons (Fsp3) is 0.727. The summed E-state index contributed by atoms with van der Waals surface area (Å²) < 4.78 is 0. The minimum Gasteiger partial charge on any atom is -0.374 e. The number of likely N-dealkylation sites (tertiary alicyclic amines) is 1. The van der Waals surface area contributed by atoms with Crippen LogP contribution in [0.2, 0.25) is 0 Å². The van der Waals surface area contributed by atoms with Crippen LogP contribution in [0.5, 0.6) is 0 Å². The highest BCUT2D eigenvalue weighted by molar-refractivity contribution is 7.15. The lowest BCUT2D eigenvalue weighted by Gasteiger charge is -2.22. The predicted octanol–water partition coefficient (Wildman–Crippen LogP) is 1.66. The van der Waals surface area contributed by atoms with Gasteiger partial charge in [0.15, 0.2) is 0 Å². The summed E-state index contributed by atoms with van der Waals surface area (Å²) in [5.74, 6) is 0.212. The molecule has 2 N–H and O–H groups in total. The fourth-order valence-electron chi connectivity index (χ4n) is 1.95. The van der Waals surface area contributed by atoms with Crippen molar-refractivity contribution in [2.24, 2.45) is 5.41 Å². The Morgan fingerprint density at radius 2 is 2.18 bits per heavy atom. The lowest BCUT2D eigenvalue weighted by molar-refractivity contribution is -0.131. The second kappa shape index (κ2) is 4.60. The summed E-state index contributed by atoms with van der Waals surface area (Å²) in [6.07, 6.45) is 2.62. The van der Waals surface area contributed by atoms with E-state index in [9.17, 15) is 4.79 Å². The van der Waals surface area contributed by atoms with Gasteiger partial charge in [-0.15, -0.1) is 10.2 Å². The number of hydrogen-bond acceptors (Lipinski definition) is 5. The van der Waals surface area contributed by atoms with E-state index in [1.54, 1.807) is 0 Å². The van der Waals surface area contributed by atoms with Crippen molar-refractivity contribution in [3.8, 4) is 0 Å². The second-order valence-electron chi connectivity index (χ2n) is 5.26. The Bertz CT molecular complexity index is 415. The normalized spacial score (nSPS) is 20.4. The number of carbonyl (C=O) groups is 1. The molecule has 1 aliphatic heterocycles. The Hall–Kier alpha value is -1.17. The van der Waals surface area contributed by atoms with Crippen LogP contribution in [-0.2, 0) is 11.3 Å². The Balaban J connectivity index is 2.03. The highest BCUT2D eigenvalue weighted by atomic mass is 32.1. The van der Waals surface area contributed by atoms with Crippen LogP contribution in [0.1, 0.15) is 38.1 Å². The SMILES string of the molecule is CC1(C)CCC(=O)N(Cc2nnc(N)s2)CC1. The van der Waals surface area contributed by atoms with Crippen LogP contribution in [0.25, 0.3) is 0 Å². The van der Waals surface area contributed by atoms with E-state index in [1.165, 1.54) is 11.3 Å². The summed E-state index contributed by atoms with van der Waals surface area (Å²) >= 11 is 1.35. The maximum atomic E-state index is 12.0. The average molecular weight is 254 g/mol. The van der Waals surface area contributed by atoms with Crippen LogP contribution in [0.4, 0.5) is 5.13 Å². The van der Waals surface area contributed by atoms with Crippen LogP contribution in [0.3, 0.4) is 0 Å². The minimum absolute atomic E-state index is 0.212. The zero-order chi connectivity index (χ0) is 12.5. The Morgan fingerprint density at radius 1 is 1.41 bits per heavy atom. The molecule has 5 nitrogen and oxygen atoms in total. The van der Waals surface area contributed by atoms with Gasteiger partial charge in [-0.25, -0.2) is 0 Å². The summed E-state index contributed by atoms with van der Waals surface area (Å²) in [5, 5.41) is 9.00. The van der Waals surface area contributed by atoms with E-state index < -0.39 is 0 Å². The van der Waals surface area contributed by atoms with Crippen LogP contribution in [0, 0.1) is 5.41 Å². The molecule has 2 rings (SSSR count). The van der Waals surface area contributed by atoms with E-state index in [-0.39, 0.29) is 11.3 Å². The first-order chi connectivity index (χ1) is 7.96. The molecule has 1 aromatic rings. The third-order valence-corrected chi connectivity index (χ3v) is 3.97. The Morgan fingerprint density at radius 3 is 2.82 bits per heavy atom. The van der Waals surface area contributed by atoms with E-state index in [0.29, 0.717) is 18.1 Å². The third-order valence-electron chi connectivity index (χ3n) is 3.24. The van der Waals surface area contributed by atoms with Crippen molar-refractivity contribution in [2.45, 2.75) is 39.7 Å². The average Bonchev–Trinajstić information content (AvgIpc) is 2.61. The molecule has 0 spiro atoms. The fourth-order valence-corrected chi connectivity index (χ4v) is 2.58. The van der Waals surface area contributed by atoms with Gasteiger partial charge in [0, 0.05) is 13.0 Å². The molecule has 1 saturated heterocycles. The van der Waals surface area contributed by atoms with Crippen molar-refractivity contribution in [1.29, 1.82) is 0 Å². The summed E-state index contributed by atoms with van der Waals surface area (Å²) in [4.78, 5) is 13.8. The summed E-state index contributed by atoms with van der Waals surface area (Å²) in [6.45, 7) is 5.77. The van der Waals surface area contributed by atoms with E-state index in [2.05, 4.69) is 24.0 Å². The van der Waals surface area contributed by atoms with Crippen LogP contribution < -0.4 is 5.73 Å². The largest absolute Gasteiger partial charge is 0.374 e. The van der Waals surface area contributed by atoms with Gasteiger partial charge in [-0.3, -0.25) is 4.79 Å². The molecule has 0 aromatic carbocycles. The first-order valence-corrected chi connectivity index (χ1v) is 6.64. The van der Waals surface area contributed by atoms with Gasteiger partial charge in [0.25, 0.3) is 0 Å². The first kappa shape index (κ1) is 12.3. The van der Waals surface area contributed by atoms with Gasteiger partial charge in [-0.05, 0) is 18.3 Å². The molecule has 2 heterocycles.